The van der Waals surface area contributed by atoms with Gasteiger partial charge in [0, 0.05) is 32.2 Å². The fourth-order valence-electron chi connectivity index (χ4n) is 6.07. The van der Waals surface area contributed by atoms with Crippen LogP contribution in [0.5, 0.6) is 0 Å². The fourth-order valence-corrected chi connectivity index (χ4v) is 6.07. The third-order valence-corrected chi connectivity index (χ3v) is 8.61. The molecule has 0 radical (unpaired) electrons. The Morgan fingerprint density at radius 1 is 0.979 bits per heavy atom. The molecule has 1 spiro atoms. The molecule has 252 valence electrons. The number of amides is 1. The number of furan rings is 1. The number of hydrogen-bond donors (Lipinski definition) is 1. The van der Waals surface area contributed by atoms with Crippen LogP contribution < -0.4 is 0 Å². The van der Waals surface area contributed by atoms with Gasteiger partial charge in [-0.05, 0) is 49.1 Å². The van der Waals surface area contributed by atoms with E-state index in [9.17, 15) is 35.5 Å². The highest BCUT2D eigenvalue weighted by molar-refractivity contribution is 5.97. The summed E-state index contributed by atoms with van der Waals surface area (Å²) in [5, 5.41) is 8.09. The summed E-state index contributed by atoms with van der Waals surface area (Å²) >= 11 is 0. The number of carbonyl (C=O) groups excluding carboxylic acids is 1. The normalized spacial score (nSPS) is 16.9. The van der Waals surface area contributed by atoms with E-state index in [2.05, 4.69) is 0 Å². The third kappa shape index (κ3) is 7.54. The second-order valence-electron chi connectivity index (χ2n) is 11.6. The average Bonchev–Trinajstić information content (AvgIpc) is 3.65. The van der Waals surface area contributed by atoms with Crippen molar-refractivity contribution in [1.29, 1.82) is 5.41 Å². The molecule has 3 aromatic rings. The van der Waals surface area contributed by atoms with Gasteiger partial charge in [0.2, 0.25) is 5.76 Å². The Morgan fingerprint density at radius 2 is 1.68 bits per heavy atom. The molecule has 1 fully saturated rings. The Bertz CT molecular complexity index is 1610. The van der Waals surface area contributed by atoms with Crippen molar-refractivity contribution in [2.75, 3.05) is 33.3 Å². The summed E-state index contributed by atoms with van der Waals surface area (Å²) in [6, 6.07) is 14.2. The lowest BCUT2D eigenvalue weighted by Crippen LogP contribution is -2.49. The van der Waals surface area contributed by atoms with E-state index in [1.807, 2.05) is 35.2 Å². The van der Waals surface area contributed by atoms with Crippen molar-refractivity contribution in [3.63, 3.8) is 0 Å². The molecule has 0 aliphatic carbocycles. The summed E-state index contributed by atoms with van der Waals surface area (Å²) in [6.07, 6.45) is -7.73. The minimum Gasteiger partial charge on any atom is -0.455 e. The van der Waals surface area contributed by atoms with E-state index >= 15 is 0 Å². The number of halogens is 7. The Labute approximate surface area is 266 Å². The predicted molar refractivity (Wildman–Crippen MR) is 157 cm³/mol. The number of rotatable bonds is 10. The lowest BCUT2D eigenvalue weighted by molar-refractivity contribution is -0.153. The van der Waals surface area contributed by atoms with Gasteiger partial charge < -0.3 is 19.0 Å². The van der Waals surface area contributed by atoms with E-state index in [4.69, 9.17) is 14.6 Å². The Kier molecular flexibility index (Phi) is 9.83. The first-order valence-electron chi connectivity index (χ1n) is 14.9. The molecule has 2 aromatic carbocycles. The van der Waals surface area contributed by atoms with Gasteiger partial charge in [-0.25, -0.2) is 4.39 Å². The van der Waals surface area contributed by atoms with Crippen molar-refractivity contribution in [3.8, 4) is 0 Å². The predicted octanol–water partition coefficient (Wildman–Crippen LogP) is 6.89. The Hall–Kier alpha value is -4.17. The zero-order valence-corrected chi connectivity index (χ0v) is 25.4. The maximum absolute atomic E-state index is 14.8. The van der Waals surface area contributed by atoms with Crippen LogP contribution in [-0.2, 0) is 41.4 Å². The molecule has 1 saturated heterocycles. The van der Waals surface area contributed by atoms with Crippen LogP contribution in [0, 0.1) is 11.2 Å². The highest BCUT2D eigenvalue weighted by atomic mass is 19.4. The van der Waals surface area contributed by atoms with E-state index in [0.29, 0.717) is 26.1 Å². The SMILES string of the molecule is CN(CCc1ccccc1)C(=O)C1=C(N(C=N)Cc2c(F)cccc2C(F)(F)F)COC12CCN(Cc1ccc(C(F)(F)F)o1)CC2. The molecule has 1 amide bonds. The highest BCUT2D eigenvalue weighted by Crippen LogP contribution is 2.43. The summed E-state index contributed by atoms with van der Waals surface area (Å²) in [6.45, 7) is 0.107. The molecule has 5 rings (SSSR count). The number of piperidine rings is 1. The van der Waals surface area contributed by atoms with Crippen LogP contribution in [-0.4, -0.2) is 65.8 Å². The Morgan fingerprint density at radius 3 is 2.30 bits per heavy atom. The van der Waals surface area contributed by atoms with Gasteiger partial charge in [0.25, 0.3) is 5.91 Å². The van der Waals surface area contributed by atoms with Crippen LogP contribution in [0.25, 0.3) is 0 Å². The van der Waals surface area contributed by atoms with Crippen molar-refractivity contribution in [2.45, 2.75) is 50.3 Å². The zero-order chi connectivity index (χ0) is 34.0. The van der Waals surface area contributed by atoms with E-state index in [1.165, 1.54) is 11.0 Å². The number of nitrogens with one attached hydrogen (secondary N) is 1. The van der Waals surface area contributed by atoms with E-state index in [0.717, 1.165) is 41.1 Å². The van der Waals surface area contributed by atoms with Crippen LogP contribution in [0.3, 0.4) is 0 Å². The first-order chi connectivity index (χ1) is 22.2. The molecule has 2 aliphatic rings. The second kappa shape index (κ2) is 13.5. The number of benzene rings is 2. The van der Waals surface area contributed by atoms with Crippen LogP contribution in [0.1, 0.15) is 41.1 Å². The summed E-state index contributed by atoms with van der Waals surface area (Å²) in [5.41, 5.74) is -1.74. The van der Waals surface area contributed by atoms with Gasteiger partial charge in [0.15, 0.2) is 0 Å². The monoisotopic (exact) mass is 666 g/mol. The molecule has 1 aromatic heterocycles. The summed E-state index contributed by atoms with van der Waals surface area (Å²) in [4.78, 5) is 18.6. The number of likely N-dealkylation sites (tertiary alicyclic amines) is 1. The number of ether oxygens (including phenoxy) is 1. The van der Waals surface area contributed by atoms with Crippen molar-refractivity contribution in [2.24, 2.45) is 0 Å². The van der Waals surface area contributed by atoms with Gasteiger partial charge in [0.1, 0.15) is 17.2 Å². The molecule has 7 nitrogen and oxygen atoms in total. The van der Waals surface area contributed by atoms with Gasteiger partial charge in [-0.3, -0.25) is 15.1 Å². The summed E-state index contributed by atoms with van der Waals surface area (Å²) in [5.74, 6) is -2.53. The molecule has 47 heavy (non-hydrogen) atoms. The standard InChI is InChI=1S/C33H33F7N4O3/c1-42(15-12-22-6-3-2-4-7-22)30(45)29-27(44(21-41)19-24-25(32(35,36)37)8-5-9-26(24)34)20-46-31(29)13-16-43(17-14-31)18-23-10-11-28(47-23)33(38,39)40/h2-11,21,41H,12-20H2,1H3. The molecule has 1 N–H and O–H groups in total. The van der Waals surface area contributed by atoms with Gasteiger partial charge >= 0.3 is 12.4 Å². The Balaban J connectivity index is 1.43. The van der Waals surface area contributed by atoms with E-state index in [1.54, 1.807) is 7.05 Å². The smallest absolute Gasteiger partial charge is 0.449 e. The van der Waals surface area contributed by atoms with Crippen molar-refractivity contribution < 1.29 is 44.7 Å². The van der Waals surface area contributed by atoms with Crippen molar-refractivity contribution in [1.82, 2.24) is 14.7 Å². The first kappa shape index (κ1) is 34.2. The molecule has 0 saturated carbocycles. The molecule has 0 unspecified atom stereocenters. The van der Waals surface area contributed by atoms with Crippen LogP contribution >= 0.6 is 0 Å². The first-order valence-corrected chi connectivity index (χ1v) is 14.9. The zero-order valence-electron chi connectivity index (χ0n) is 25.4. The number of alkyl halides is 6. The number of likely N-dealkylation sites (N-methyl/N-ethyl adjacent to an activating group) is 1. The van der Waals surface area contributed by atoms with Gasteiger partial charge in [-0.2, -0.15) is 26.3 Å². The van der Waals surface area contributed by atoms with Crippen molar-refractivity contribution in [3.05, 3.63) is 106 Å². The molecule has 14 heteroatoms. The van der Waals surface area contributed by atoms with Crippen LogP contribution in [0.4, 0.5) is 30.7 Å². The lowest BCUT2D eigenvalue weighted by atomic mass is 9.83. The molecular weight excluding hydrogens is 633 g/mol. The van der Waals surface area contributed by atoms with Crippen LogP contribution in [0.2, 0.25) is 0 Å². The molecule has 0 bridgehead atoms. The molecular formula is C33H33F7N4O3. The minimum absolute atomic E-state index is 0.0864. The summed E-state index contributed by atoms with van der Waals surface area (Å²) in [7, 11) is 1.60. The van der Waals surface area contributed by atoms with Gasteiger partial charge in [0.05, 0.1) is 42.9 Å². The molecule has 2 aliphatic heterocycles. The van der Waals surface area contributed by atoms with Gasteiger partial charge in [-0.1, -0.05) is 36.4 Å². The fraction of sp³-hybridized carbons (Fsp3) is 0.394. The number of carbonyl (C=O) groups is 1. The number of nitrogens with zero attached hydrogens (tertiary/aromatic N) is 3. The van der Waals surface area contributed by atoms with Crippen molar-refractivity contribution >= 4 is 12.2 Å². The maximum Gasteiger partial charge on any atom is 0.449 e. The molecule has 3 heterocycles. The lowest BCUT2D eigenvalue weighted by Gasteiger charge is -2.40. The summed E-state index contributed by atoms with van der Waals surface area (Å²) < 4.78 is 107. The number of hydrogen-bond acceptors (Lipinski definition) is 5. The minimum atomic E-state index is -4.86. The maximum atomic E-state index is 14.8. The van der Waals surface area contributed by atoms with Crippen LogP contribution in [0.15, 0.2) is 76.4 Å². The quantitative estimate of drug-likeness (QED) is 0.145. The van der Waals surface area contributed by atoms with Gasteiger partial charge in [-0.15, -0.1) is 0 Å². The largest absolute Gasteiger partial charge is 0.455 e. The van der Waals surface area contributed by atoms with E-state index in [-0.39, 0.29) is 43.0 Å². The second-order valence-corrected chi connectivity index (χ2v) is 11.6. The highest BCUT2D eigenvalue weighted by Gasteiger charge is 2.49. The topological polar surface area (TPSA) is 73.0 Å². The average molecular weight is 667 g/mol. The molecule has 0 atom stereocenters. The third-order valence-electron chi connectivity index (χ3n) is 8.61. The van der Waals surface area contributed by atoms with E-state index < -0.39 is 53.1 Å².